The quantitative estimate of drug-likeness (QED) is 0.116. The molecular weight excluding hydrogens is 1250 g/mol. The Hall–Kier alpha value is -7.48. The van der Waals surface area contributed by atoms with Crippen molar-refractivity contribution in [3.63, 3.8) is 0 Å². The van der Waals surface area contributed by atoms with Gasteiger partial charge in [0.25, 0.3) is 0 Å². The number of halogens is 6. The van der Waals surface area contributed by atoms with Crippen LogP contribution in [0.15, 0.2) is 116 Å². The van der Waals surface area contributed by atoms with Crippen LogP contribution in [0, 0.1) is 34.6 Å². The number of hydrogen-bond acceptors (Lipinski definition) is 20. The molecule has 10 rings (SSSR count). The van der Waals surface area contributed by atoms with Crippen LogP contribution < -0.4 is 0 Å². The molecule has 0 aliphatic rings. The first kappa shape index (κ1) is 83.5. The lowest BCUT2D eigenvalue weighted by molar-refractivity contribution is -0.157. The van der Waals surface area contributed by atoms with Crippen LogP contribution in [0.25, 0.3) is 0 Å². The van der Waals surface area contributed by atoms with Gasteiger partial charge in [-0.05, 0) is 55.3 Å². The van der Waals surface area contributed by atoms with Crippen molar-refractivity contribution < 1.29 is 61.8 Å². The largest absolute Gasteiger partial charge is 0.468 e. The summed E-state index contributed by atoms with van der Waals surface area (Å²) in [5.74, 6) is 6.76. The number of alkyl halides is 6. The molecule has 0 bridgehead atoms. The molecule has 0 radical (unpaired) electrons. The molecule has 0 aromatic carbocycles. The van der Waals surface area contributed by atoms with E-state index in [9.17, 15) is 26.3 Å². The molecule has 26 heteroatoms. The molecule has 10 aromatic rings. The summed E-state index contributed by atoms with van der Waals surface area (Å²) in [7, 11) is 0. The Balaban J connectivity index is 0.000000518. The highest BCUT2D eigenvalue weighted by Gasteiger charge is 2.39. The van der Waals surface area contributed by atoms with Crippen molar-refractivity contribution in [2.75, 3.05) is 0 Å². The molecule has 0 spiro atoms. The van der Waals surface area contributed by atoms with Crippen LogP contribution in [-0.2, 0) is 12.4 Å². The zero-order valence-corrected chi connectivity index (χ0v) is 60.2. The van der Waals surface area contributed by atoms with E-state index in [2.05, 4.69) is 174 Å². The van der Waals surface area contributed by atoms with Crippen molar-refractivity contribution in [2.24, 2.45) is 0 Å². The number of oxazole rings is 7. The van der Waals surface area contributed by atoms with E-state index in [1.54, 1.807) is 81.6 Å². The summed E-state index contributed by atoms with van der Waals surface area (Å²) in [4.78, 5) is 37.7. The zero-order chi connectivity index (χ0) is 70.9. The maximum atomic E-state index is 12.1. The van der Waals surface area contributed by atoms with E-state index in [1.165, 1.54) is 27.5 Å². The summed E-state index contributed by atoms with van der Waals surface area (Å²) >= 11 is 3.50. The van der Waals surface area contributed by atoms with Crippen LogP contribution >= 0.6 is 22.7 Å². The smallest absolute Gasteiger partial charge is 0.451 e. The highest BCUT2D eigenvalue weighted by molar-refractivity contribution is 7.11. The third-order valence-electron chi connectivity index (χ3n) is 12.0. The monoisotopic (exact) mass is 1350 g/mol. The van der Waals surface area contributed by atoms with E-state index >= 15 is 0 Å². The lowest BCUT2D eigenvalue weighted by Crippen LogP contribution is -2.08. The first-order valence-corrected chi connectivity index (χ1v) is 32.2. The molecule has 0 fully saturated rings. The summed E-state index contributed by atoms with van der Waals surface area (Å²) < 4.78 is 111. The molecule has 0 atom stereocenters. The highest BCUT2D eigenvalue weighted by Crippen LogP contribution is 2.34. The lowest BCUT2D eigenvalue weighted by Gasteiger charge is -2.06. The zero-order valence-electron chi connectivity index (χ0n) is 58.6. The molecular formula is C67H98F6N10O8S2. The summed E-state index contributed by atoms with van der Waals surface area (Å²) in [6, 6.07) is 1.88. The predicted molar refractivity (Wildman–Crippen MR) is 351 cm³/mol. The van der Waals surface area contributed by atoms with Gasteiger partial charge >= 0.3 is 18.2 Å². The van der Waals surface area contributed by atoms with Gasteiger partial charge < -0.3 is 35.4 Å². The van der Waals surface area contributed by atoms with Crippen LogP contribution in [0.5, 0.6) is 0 Å². The highest BCUT2D eigenvalue weighted by atomic mass is 32.1. The van der Waals surface area contributed by atoms with Crippen LogP contribution in [0.3, 0.4) is 0 Å². The summed E-state index contributed by atoms with van der Waals surface area (Å²) in [6.07, 6.45) is 8.23. The molecule has 10 heterocycles. The minimum absolute atomic E-state index is 0.0394. The fraction of sp³-hybridized carbons (Fsp3) is 0.552. The van der Waals surface area contributed by atoms with Crippen molar-refractivity contribution >= 4 is 22.7 Å². The second kappa shape index (κ2) is 42.0. The average Bonchev–Trinajstić information content (AvgIpc) is 1.77. The minimum atomic E-state index is -4.48. The Morgan fingerprint density at radius 2 is 1.02 bits per heavy atom. The number of rotatable bonds is 10. The second-order valence-corrected chi connectivity index (χ2v) is 26.1. The molecule has 0 amide bonds. The van der Waals surface area contributed by atoms with Crippen LogP contribution in [0.4, 0.5) is 26.3 Å². The number of aryl methyl sites for hydroxylation is 5. The molecule has 0 saturated heterocycles. The molecule has 518 valence electrons. The Morgan fingerprint density at radius 1 is 0.430 bits per heavy atom. The molecule has 0 aliphatic carbocycles. The van der Waals surface area contributed by atoms with Gasteiger partial charge in [-0.25, -0.2) is 39.9 Å². The normalized spacial score (nSPS) is 11.1. The van der Waals surface area contributed by atoms with Crippen molar-refractivity contribution in [2.45, 2.75) is 245 Å². The Bertz CT molecular complexity index is 3140. The maximum Gasteiger partial charge on any atom is 0.468 e. The van der Waals surface area contributed by atoms with E-state index < -0.39 is 24.0 Å². The van der Waals surface area contributed by atoms with Gasteiger partial charge in [0.1, 0.15) is 42.3 Å². The Kier molecular flexibility index (Phi) is 37.7. The fourth-order valence-corrected chi connectivity index (χ4v) is 8.05. The third-order valence-corrected chi connectivity index (χ3v) is 14.3. The molecule has 0 aliphatic heterocycles. The third kappa shape index (κ3) is 33.8. The lowest BCUT2D eigenvalue weighted by atomic mass is 10.1. The average molecular weight is 1350 g/mol. The van der Waals surface area contributed by atoms with E-state index in [0.29, 0.717) is 53.0 Å². The summed E-state index contributed by atoms with van der Waals surface area (Å²) in [5, 5.41) is 4.91. The molecule has 10 aromatic heterocycles. The summed E-state index contributed by atoms with van der Waals surface area (Å²) in [5.41, 5.74) is 6.25. The molecule has 0 saturated carbocycles. The molecule has 0 unspecified atom stereocenters. The minimum Gasteiger partial charge on any atom is -0.451 e. The molecule has 18 nitrogen and oxygen atoms in total. The first-order chi connectivity index (χ1) is 43.3. The SMILES string of the molecule is CC(C)c1ccon1.CC(C)c1cnco1.CC(C)c1cncs1.CC(C)c1coc(C(F)(F)F)n1.CC(C)c1cocn1.CC(C)c1ncoc1C(F)(F)F.Cc1nc(C(C)C)co1.Cc1nc(C)c(C(C)C)o1.Cc1ncc(C(C)C)o1.Cc1ncc(C(C)C)s1. The molecule has 93 heavy (non-hydrogen) atoms. The van der Waals surface area contributed by atoms with E-state index in [-0.39, 0.29) is 17.5 Å². The number of aromatic nitrogens is 10. The van der Waals surface area contributed by atoms with Crippen molar-refractivity contribution in [3.05, 3.63) is 176 Å². The standard InChI is InChI=1S/C8H13NO.2C7H8F3NO.2C7H11NO.C7H11NS.3C6H9NO.C6H9NS/c1-5(2)8-6(3)9-7(4)10-8;1-4(2)5-6(7(8,9)10)12-3-11-5;1-4(2)5-3-12-6(11-5)7(8,9)10;1-5(2)7-4-9-6(3)8-7;2*1-5(2)7-4-8-6(3)9-7;1-5(2)6-3-8-4-7-6;1-5(2)6-3-7-4-8-6;1-5(2)6-3-4-8-7-6;1-5(2)6-3-7-4-8-6/h5H,1-4H3;2*3-4H,1-2H3;3*4-5H,1-3H3;4*3-5H,1-2H3. The van der Waals surface area contributed by atoms with Gasteiger partial charge in [0.2, 0.25) is 5.76 Å². The van der Waals surface area contributed by atoms with Gasteiger partial charge in [0.05, 0.1) is 57.1 Å². The van der Waals surface area contributed by atoms with E-state index in [4.69, 9.17) is 22.1 Å². The number of hydrogen-bond donors (Lipinski definition) is 0. The maximum absolute atomic E-state index is 12.1. The summed E-state index contributed by atoms with van der Waals surface area (Å²) in [6.45, 7) is 50.1. The first-order valence-electron chi connectivity index (χ1n) is 30.5. The topological polar surface area (TPSA) is 234 Å². The van der Waals surface area contributed by atoms with Crippen LogP contribution in [0.1, 0.15) is 293 Å². The van der Waals surface area contributed by atoms with Crippen LogP contribution in [0.2, 0.25) is 0 Å². The van der Waals surface area contributed by atoms with Crippen LogP contribution in [-0.4, -0.2) is 50.0 Å². The Labute approximate surface area is 552 Å². The van der Waals surface area contributed by atoms with Gasteiger partial charge in [0, 0.05) is 66.7 Å². The second-order valence-electron chi connectivity index (χ2n) is 23.9. The van der Waals surface area contributed by atoms with Crippen molar-refractivity contribution in [3.8, 4) is 0 Å². The number of thiazole rings is 2. The fourth-order valence-electron chi connectivity index (χ4n) is 6.63. The van der Waals surface area contributed by atoms with Crippen molar-refractivity contribution in [1.82, 2.24) is 50.0 Å². The van der Waals surface area contributed by atoms with Gasteiger partial charge in [-0.2, -0.15) is 26.3 Å². The van der Waals surface area contributed by atoms with Crippen molar-refractivity contribution in [1.29, 1.82) is 0 Å². The van der Waals surface area contributed by atoms with E-state index in [1.807, 2.05) is 58.6 Å². The molecule has 0 N–H and O–H groups in total. The Morgan fingerprint density at radius 3 is 1.27 bits per heavy atom. The van der Waals surface area contributed by atoms with Gasteiger partial charge in [0.15, 0.2) is 36.9 Å². The number of nitrogens with zero attached hydrogens (tertiary/aromatic N) is 10. The van der Waals surface area contributed by atoms with E-state index in [0.717, 1.165) is 70.4 Å². The van der Waals surface area contributed by atoms with Gasteiger partial charge in [-0.1, -0.05) is 144 Å². The van der Waals surface area contributed by atoms with Gasteiger partial charge in [-0.15, -0.1) is 22.7 Å². The predicted octanol–water partition coefficient (Wildman–Crippen LogP) is 22.5. The van der Waals surface area contributed by atoms with Gasteiger partial charge in [-0.3, -0.25) is 4.98 Å².